The Bertz CT molecular complexity index is 679. The minimum absolute atomic E-state index is 0. The summed E-state index contributed by atoms with van der Waals surface area (Å²) in [7, 11) is 0. The Hall–Kier alpha value is -1.04. The van der Waals surface area contributed by atoms with Gasteiger partial charge in [0.2, 0.25) is 0 Å². The van der Waals surface area contributed by atoms with Crippen LogP contribution in [0.3, 0.4) is 0 Å². The van der Waals surface area contributed by atoms with Gasteiger partial charge in [0.25, 0.3) is 0 Å². The summed E-state index contributed by atoms with van der Waals surface area (Å²) in [6.45, 7) is 4.35. The van der Waals surface area contributed by atoms with E-state index in [2.05, 4.69) is 10.6 Å². The van der Waals surface area contributed by atoms with Crippen molar-refractivity contribution in [3.63, 3.8) is 0 Å². The van der Waals surface area contributed by atoms with Crippen molar-refractivity contribution in [3.05, 3.63) is 64.4 Å². The van der Waals surface area contributed by atoms with Crippen LogP contribution in [-0.4, -0.2) is 19.6 Å². The molecule has 2 N–H and O–H groups in total. The van der Waals surface area contributed by atoms with E-state index in [1.807, 2.05) is 18.2 Å². The smallest absolute Gasteiger partial charge is 0.124 e. The molecule has 0 atom stereocenters. The summed E-state index contributed by atoms with van der Waals surface area (Å²) in [6.07, 6.45) is 2.44. The molecule has 0 bridgehead atoms. The van der Waals surface area contributed by atoms with Gasteiger partial charge in [0, 0.05) is 17.1 Å². The number of rotatable bonds is 7. The van der Waals surface area contributed by atoms with Crippen LogP contribution in [0.15, 0.2) is 42.5 Å². The van der Waals surface area contributed by atoms with Gasteiger partial charge >= 0.3 is 0 Å². The fourth-order valence-corrected chi connectivity index (χ4v) is 3.26. The summed E-state index contributed by atoms with van der Waals surface area (Å²) in [5.41, 5.74) is 1.98. The van der Waals surface area contributed by atoms with Gasteiger partial charge in [-0.15, -0.1) is 24.8 Å². The maximum Gasteiger partial charge on any atom is 0.124 e. The number of ether oxygens (including phenoxy) is 1. The fourth-order valence-electron chi connectivity index (χ4n) is 3.07. The van der Waals surface area contributed by atoms with Gasteiger partial charge in [-0.1, -0.05) is 23.7 Å². The predicted octanol–water partition coefficient (Wildman–Crippen LogP) is 4.99. The van der Waals surface area contributed by atoms with Crippen LogP contribution >= 0.6 is 36.4 Å². The SMILES string of the molecule is Cl.Cl.Fc1ccc(COc2ccc(Cl)cc2CNCC2CCNCC2)cc1. The van der Waals surface area contributed by atoms with Crippen molar-refractivity contribution in [2.75, 3.05) is 19.6 Å². The zero-order valence-corrected chi connectivity index (χ0v) is 17.4. The molecule has 1 saturated heterocycles. The van der Waals surface area contributed by atoms with Crippen molar-refractivity contribution in [2.45, 2.75) is 26.0 Å². The van der Waals surface area contributed by atoms with Crippen LogP contribution < -0.4 is 15.4 Å². The Kier molecular flexibility index (Phi) is 11.0. The molecule has 3 rings (SSSR count). The quantitative estimate of drug-likeness (QED) is 0.643. The van der Waals surface area contributed by atoms with Gasteiger partial charge in [0.05, 0.1) is 0 Å². The molecule has 0 aliphatic carbocycles. The second-order valence-electron chi connectivity index (χ2n) is 6.49. The maximum absolute atomic E-state index is 13.0. The number of benzene rings is 2. The molecule has 1 heterocycles. The first-order valence-corrected chi connectivity index (χ1v) is 9.15. The van der Waals surface area contributed by atoms with Crippen molar-refractivity contribution in [1.82, 2.24) is 10.6 Å². The van der Waals surface area contributed by atoms with E-state index in [4.69, 9.17) is 16.3 Å². The molecule has 0 spiro atoms. The van der Waals surface area contributed by atoms with Crippen LogP contribution in [0.1, 0.15) is 24.0 Å². The zero-order valence-electron chi connectivity index (χ0n) is 15.0. The standard InChI is InChI=1S/C20H24ClFN2O.2ClH/c21-18-3-6-20(25-14-16-1-4-19(22)5-2-16)17(11-18)13-24-12-15-7-9-23-10-8-15;;/h1-6,11,15,23-24H,7-10,12-14H2;2*1H. The second-order valence-corrected chi connectivity index (χ2v) is 6.93. The Labute approximate surface area is 177 Å². The second kappa shape index (κ2) is 12.4. The summed E-state index contributed by atoms with van der Waals surface area (Å²) < 4.78 is 18.9. The molecular weight excluding hydrogens is 410 g/mol. The van der Waals surface area contributed by atoms with E-state index in [9.17, 15) is 4.39 Å². The highest BCUT2D eigenvalue weighted by Crippen LogP contribution is 2.24. The lowest BCUT2D eigenvalue weighted by Gasteiger charge is -2.23. The Morgan fingerprint density at radius 3 is 2.48 bits per heavy atom. The van der Waals surface area contributed by atoms with Gasteiger partial charge < -0.3 is 15.4 Å². The molecule has 27 heavy (non-hydrogen) atoms. The van der Waals surface area contributed by atoms with Crippen LogP contribution in [0.2, 0.25) is 5.02 Å². The predicted molar refractivity (Wildman–Crippen MR) is 114 cm³/mol. The monoisotopic (exact) mass is 434 g/mol. The highest BCUT2D eigenvalue weighted by molar-refractivity contribution is 6.30. The van der Waals surface area contributed by atoms with E-state index in [1.54, 1.807) is 12.1 Å². The van der Waals surface area contributed by atoms with Crippen LogP contribution in [0.4, 0.5) is 4.39 Å². The summed E-state index contributed by atoms with van der Waals surface area (Å²) >= 11 is 6.15. The highest BCUT2D eigenvalue weighted by atomic mass is 35.5. The van der Waals surface area contributed by atoms with Crippen molar-refractivity contribution < 1.29 is 9.13 Å². The van der Waals surface area contributed by atoms with E-state index in [1.165, 1.54) is 25.0 Å². The van der Waals surface area contributed by atoms with Gasteiger partial charge in [0.15, 0.2) is 0 Å². The zero-order chi connectivity index (χ0) is 17.5. The normalized spacial score (nSPS) is 14.1. The number of nitrogens with one attached hydrogen (secondary N) is 2. The Balaban J connectivity index is 0.00000182. The number of hydrogen-bond acceptors (Lipinski definition) is 3. The van der Waals surface area contributed by atoms with E-state index in [0.29, 0.717) is 11.6 Å². The summed E-state index contributed by atoms with van der Waals surface area (Å²) in [5.74, 6) is 1.30. The molecule has 2 aromatic rings. The van der Waals surface area contributed by atoms with Gasteiger partial charge in [-0.05, 0) is 74.3 Å². The molecular formula is C20H26Cl3FN2O. The van der Waals surface area contributed by atoms with Crippen LogP contribution in [0.25, 0.3) is 0 Å². The minimum atomic E-state index is -0.238. The summed E-state index contributed by atoms with van der Waals surface area (Å²) in [5, 5.41) is 7.62. The molecule has 0 unspecified atom stereocenters. The largest absolute Gasteiger partial charge is 0.489 e. The molecule has 2 aromatic carbocycles. The van der Waals surface area contributed by atoms with Gasteiger partial charge in [0.1, 0.15) is 18.2 Å². The first-order valence-electron chi connectivity index (χ1n) is 8.78. The number of piperidine rings is 1. The molecule has 0 amide bonds. The van der Waals surface area contributed by atoms with E-state index in [0.717, 1.165) is 49.0 Å². The number of halogens is 4. The van der Waals surface area contributed by atoms with E-state index in [-0.39, 0.29) is 30.6 Å². The molecule has 150 valence electrons. The molecule has 1 aliphatic heterocycles. The molecule has 3 nitrogen and oxygen atoms in total. The van der Waals surface area contributed by atoms with Gasteiger partial charge in [-0.3, -0.25) is 0 Å². The number of hydrogen-bond donors (Lipinski definition) is 2. The van der Waals surface area contributed by atoms with E-state index >= 15 is 0 Å². The van der Waals surface area contributed by atoms with Crippen molar-refractivity contribution in [3.8, 4) is 5.75 Å². The van der Waals surface area contributed by atoms with Crippen molar-refractivity contribution >= 4 is 36.4 Å². The third-order valence-electron chi connectivity index (χ3n) is 4.54. The molecule has 1 aliphatic rings. The molecule has 1 fully saturated rings. The van der Waals surface area contributed by atoms with Crippen LogP contribution in [0, 0.1) is 11.7 Å². The van der Waals surface area contributed by atoms with E-state index < -0.39 is 0 Å². The third-order valence-corrected chi connectivity index (χ3v) is 4.77. The maximum atomic E-state index is 13.0. The molecule has 0 saturated carbocycles. The van der Waals surface area contributed by atoms with Gasteiger partial charge in [-0.2, -0.15) is 0 Å². The molecule has 0 radical (unpaired) electrons. The lowest BCUT2D eigenvalue weighted by Crippen LogP contribution is -2.33. The third kappa shape index (κ3) is 7.84. The van der Waals surface area contributed by atoms with Crippen molar-refractivity contribution in [1.29, 1.82) is 0 Å². The lowest BCUT2D eigenvalue weighted by atomic mass is 9.98. The molecule has 7 heteroatoms. The topological polar surface area (TPSA) is 33.3 Å². The summed E-state index contributed by atoms with van der Waals surface area (Å²) in [6, 6.07) is 12.0. The average molecular weight is 436 g/mol. The Morgan fingerprint density at radius 2 is 1.78 bits per heavy atom. The lowest BCUT2D eigenvalue weighted by molar-refractivity contribution is 0.300. The fraction of sp³-hybridized carbons (Fsp3) is 0.400. The first-order chi connectivity index (χ1) is 12.2. The Morgan fingerprint density at radius 1 is 1.07 bits per heavy atom. The minimum Gasteiger partial charge on any atom is -0.489 e. The highest BCUT2D eigenvalue weighted by Gasteiger charge is 2.13. The van der Waals surface area contributed by atoms with Crippen molar-refractivity contribution in [2.24, 2.45) is 5.92 Å². The molecule has 0 aromatic heterocycles. The first kappa shape index (κ1) is 24.0. The average Bonchev–Trinajstić information content (AvgIpc) is 2.63. The van der Waals surface area contributed by atoms with Crippen LogP contribution in [-0.2, 0) is 13.2 Å². The summed E-state index contributed by atoms with van der Waals surface area (Å²) in [4.78, 5) is 0. The van der Waals surface area contributed by atoms with Gasteiger partial charge in [-0.25, -0.2) is 4.39 Å². The van der Waals surface area contributed by atoms with Crippen LogP contribution in [0.5, 0.6) is 5.75 Å².